The highest BCUT2D eigenvalue weighted by Crippen LogP contribution is 2.66. The van der Waals surface area contributed by atoms with Crippen molar-refractivity contribution in [2.24, 2.45) is 16.7 Å². The molecule has 16 heavy (non-hydrogen) atoms. The highest BCUT2D eigenvalue weighted by molar-refractivity contribution is 6.18. The highest BCUT2D eigenvalue weighted by Gasteiger charge is 2.62. The van der Waals surface area contributed by atoms with Gasteiger partial charge in [0.1, 0.15) is 6.10 Å². The van der Waals surface area contributed by atoms with E-state index in [1.165, 1.54) is 12.8 Å². The quantitative estimate of drug-likeness (QED) is 0.562. The van der Waals surface area contributed by atoms with E-state index in [1.807, 2.05) is 0 Å². The fourth-order valence-electron chi connectivity index (χ4n) is 3.60. The molecule has 0 radical (unpaired) electrons. The Morgan fingerprint density at radius 2 is 2.12 bits per heavy atom. The molecule has 0 N–H and O–H groups in total. The Labute approximate surface area is 103 Å². The molecular weight excluding hydrogens is 224 g/mol. The maximum absolute atomic E-state index is 11.5. The second-order valence-corrected chi connectivity index (χ2v) is 6.41. The molecule has 2 aliphatic carbocycles. The molecule has 0 heterocycles. The Balaban J connectivity index is 2.07. The molecular formula is C13H21ClO2. The molecule has 3 atom stereocenters. The van der Waals surface area contributed by atoms with Gasteiger partial charge in [0.15, 0.2) is 0 Å². The predicted octanol–water partition coefficient (Wildman–Crippen LogP) is 3.37. The van der Waals surface area contributed by atoms with Gasteiger partial charge in [-0.25, -0.2) is 0 Å². The molecule has 3 heteroatoms. The molecule has 0 aliphatic heterocycles. The van der Waals surface area contributed by atoms with Gasteiger partial charge in [0.25, 0.3) is 0 Å². The minimum absolute atomic E-state index is 0.108. The van der Waals surface area contributed by atoms with Crippen molar-refractivity contribution >= 4 is 17.6 Å². The first-order valence-electron chi connectivity index (χ1n) is 6.17. The van der Waals surface area contributed by atoms with Crippen molar-refractivity contribution < 1.29 is 9.53 Å². The van der Waals surface area contributed by atoms with Crippen LogP contribution in [0.5, 0.6) is 0 Å². The first-order valence-corrected chi connectivity index (χ1v) is 6.70. The SMILES string of the molecule is CC1(C)[C@H]2CC[C@]1(C)[C@H](OC(=O)CCCl)C2. The minimum Gasteiger partial charge on any atom is -0.462 e. The van der Waals surface area contributed by atoms with Crippen molar-refractivity contribution in [3.63, 3.8) is 0 Å². The summed E-state index contributed by atoms with van der Waals surface area (Å²) in [5, 5.41) is 0. The number of carbonyl (C=O) groups excluding carboxylic acids is 1. The molecule has 0 amide bonds. The third kappa shape index (κ3) is 1.57. The molecule has 92 valence electrons. The maximum atomic E-state index is 11.5. The highest BCUT2D eigenvalue weighted by atomic mass is 35.5. The summed E-state index contributed by atoms with van der Waals surface area (Å²) in [7, 11) is 0. The van der Waals surface area contributed by atoms with Crippen LogP contribution in [0.2, 0.25) is 0 Å². The molecule has 0 aromatic heterocycles. The van der Waals surface area contributed by atoms with Gasteiger partial charge in [0.2, 0.25) is 0 Å². The summed E-state index contributed by atoms with van der Waals surface area (Å²) in [6, 6.07) is 0. The fourth-order valence-corrected chi connectivity index (χ4v) is 3.76. The summed E-state index contributed by atoms with van der Waals surface area (Å²) in [6.07, 6.45) is 3.95. The first-order chi connectivity index (χ1) is 7.41. The van der Waals surface area contributed by atoms with Crippen molar-refractivity contribution in [1.82, 2.24) is 0 Å². The van der Waals surface area contributed by atoms with E-state index >= 15 is 0 Å². The van der Waals surface area contributed by atoms with Crippen LogP contribution in [0, 0.1) is 16.7 Å². The van der Waals surface area contributed by atoms with Crippen LogP contribution in [0.3, 0.4) is 0 Å². The minimum atomic E-state index is -0.135. The Bertz CT molecular complexity index is 300. The van der Waals surface area contributed by atoms with Gasteiger partial charge >= 0.3 is 5.97 Å². The Morgan fingerprint density at radius 3 is 2.56 bits per heavy atom. The van der Waals surface area contributed by atoms with E-state index in [-0.39, 0.29) is 17.5 Å². The fraction of sp³-hybridized carbons (Fsp3) is 0.923. The van der Waals surface area contributed by atoms with Gasteiger partial charge in [-0.3, -0.25) is 4.79 Å². The number of rotatable bonds is 3. The van der Waals surface area contributed by atoms with Gasteiger partial charge in [-0.1, -0.05) is 20.8 Å². The van der Waals surface area contributed by atoms with Crippen molar-refractivity contribution in [3.8, 4) is 0 Å². The second kappa shape index (κ2) is 3.90. The molecule has 0 aromatic rings. The number of halogens is 1. The average Bonchev–Trinajstić information content (AvgIpc) is 2.51. The van der Waals surface area contributed by atoms with Crippen LogP contribution in [0.4, 0.5) is 0 Å². The molecule has 0 saturated heterocycles. The van der Waals surface area contributed by atoms with Crippen molar-refractivity contribution in [2.75, 3.05) is 5.88 Å². The molecule has 2 bridgehead atoms. The zero-order chi connectivity index (χ0) is 12.0. The standard InChI is InChI=1S/C13H21ClO2/c1-12(2)9-4-6-13(12,3)10(8-9)16-11(15)5-7-14/h9-10H,4-8H2,1-3H3/t9-,10+,13+/m0/s1. The third-order valence-corrected chi connectivity index (χ3v) is 5.48. The molecule has 2 nitrogen and oxygen atoms in total. The lowest BCUT2D eigenvalue weighted by Crippen LogP contribution is -2.38. The predicted molar refractivity (Wildman–Crippen MR) is 64.4 cm³/mol. The zero-order valence-corrected chi connectivity index (χ0v) is 11.1. The number of alkyl halides is 1. The average molecular weight is 245 g/mol. The van der Waals surface area contributed by atoms with Gasteiger partial charge < -0.3 is 4.74 Å². The lowest BCUT2D eigenvalue weighted by molar-refractivity contribution is -0.156. The van der Waals surface area contributed by atoms with E-state index in [9.17, 15) is 4.79 Å². The van der Waals surface area contributed by atoms with E-state index in [2.05, 4.69) is 20.8 Å². The number of ether oxygens (including phenoxy) is 1. The monoisotopic (exact) mass is 244 g/mol. The largest absolute Gasteiger partial charge is 0.462 e. The molecule has 2 saturated carbocycles. The smallest absolute Gasteiger partial charge is 0.307 e. The molecule has 0 spiro atoms. The summed E-state index contributed by atoms with van der Waals surface area (Å²) in [6.45, 7) is 6.92. The lowest BCUT2D eigenvalue weighted by Gasteiger charge is -2.38. The summed E-state index contributed by atoms with van der Waals surface area (Å²) in [5.41, 5.74) is 0.471. The van der Waals surface area contributed by atoms with Crippen molar-refractivity contribution in [1.29, 1.82) is 0 Å². The lowest BCUT2D eigenvalue weighted by atomic mass is 9.70. The first kappa shape index (κ1) is 12.2. The Morgan fingerprint density at radius 1 is 1.44 bits per heavy atom. The topological polar surface area (TPSA) is 26.3 Å². The number of hydrogen-bond donors (Lipinski definition) is 0. The van der Waals surface area contributed by atoms with Gasteiger partial charge in [0.05, 0.1) is 6.42 Å². The maximum Gasteiger partial charge on any atom is 0.307 e. The summed E-state index contributed by atoms with van der Waals surface area (Å²) >= 11 is 5.55. The third-order valence-electron chi connectivity index (χ3n) is 5.29. The van der Waals surface area contributed by atoms with Crippen LogP contribution in [0.15, 0.2) is 0 Å². The van der Waals surface area contributed by atoms with Crippen LogP contribution in [0.1, 0.15) is 46.5 Å². The summed E-state index contributed by atoms with van der Waals surface area (Å²) in [5.74, 6) is 0.936. The molecule has 2 fully saturated rings. The van der Waals surface area contributed by atoms with Gasteiger partial charge in [0, 0.05) is 11.3 Å². The second-order valence-electron chi connectivity index (χ2n) is 6.03. The number of carbonyl (C=O) groups is 1. The number of fused-ring (bicyclic) bond motifs is 2. The van der Waals surface area contributed by atoms with Crippen molar-refractivity contribution in [3.05, 3.63) is 0 Å². The van der Waals surface area contributed by atoms with E-state index in [4.69, 9.17) is 16.3 Å². The van der Waals surface area contributed by atoms with E-state index in [1.54, 1.807) is 0 Å². The van der Waals surface area contributed by atoms with E-state index in [0.717, 1.165) is 6.42 Å². The zero-order valence-electron chi connectivity index (χ0n) is 10.4. The summed E-state index contributed by atoms with van der Waals surface area (Å²) < 4.78 is 5.60. The Hall–Kier alpha value is -0.240. The van der Waals surface area contributed by atoms with Crippen LogP contribution in [0.25, 0.3) is 0 Å². The van der Waals surface area contributed by atoms with Crippen LogP contribution in [-0.2, 0) is 9.53 Å². The van der Waals surface area contributed by atoms with Gasteiger partial charge in [-0.15, -0.1) is 11.6 Å². The number of hydrogen-bond acceptors (Lipinski definition) is 2. The molecule has 0 unspecified atom stereocenters. The van der Waals surface area contributed by atoms with E-state index in [0.29, 0.717) is 23.6 Å². The molecule has 2 rings (SSSR count). The Kier molecular flexibility index (Phi) is 2.98. The number of esters is 1. The molecule has 2 aliphatic rings. The normalized spacial score (nSPS) is 40.0. The van der Waals surface area contributed by atoms with Gasteiger partial charge in [-0.2, -0.15) is 0 Å². The van der Waals surface area contributed by atoms with Crippen LogP contribution in [-0.4, -0.2) is 18.0 Å². The summed E-state index contributed by atoms with van der Waals surface area (Å²) in [4.78, 5) is 11.5. The molecule has 0 aromatic carbocycles. The van der Waals surface area contributed by atoms with Gasteiger partial charge in [-0.05, 0) is 30.6 Å². The van der Waals surface area contributed by atoms with Crippen molar-refractivity contribution in [2.45, 2.75) is 52.6 Å². The van der Waals surface area contributed by atoms with E-state index < -0.39 is 0 Å². The van der Waals surface area contributed by atoms with Crippen LogP contribution < -0.4 is 0 Å². The van der Waals surface area contributed by atoms with Crippen LogP contribution >= 0.6 is 11.6 Å².